The summed E-state index contributed by atoms with van der Waals surface area (Å²) in [6, 6.07) is 0. The van der Waals surface area contributed by atoms with Gasteiger partial charge in [0.15, 0.2) is 0 Å². The largest absolute Gasteiger partial charge is 0.379 e. The first-order chi connectivity index (χ1) is 10.8. The maximum absolute atomic E-state index is 10.5. The van der Waals surface area contributed by atoms with Crippen LogP contribution in [0.4, 0.5) is 0 Å². The Labute approximate surface area is 137 Å². The Hall–Kier alpha value is -0.690. The van der Waals surface area contributed by atoms with Gasteiger partial charge in [-0.15, -0.1) is 0 Å². The zero-order valence-corrected chi connectivity index (χ0v) is 15.5. The van der Waals surface area contributed by atoms with Gasteiger partial charge in [-0.3, -0.25) is 4.79 Å². The van der Waals surface area contributed by atoms with Crippen molar-refractivity contribution in [2.24, 2.45) is 0 Å². The third kappa shape index (κ3) is 31.6. The maximum Gasteiger partial charge on any atom is 0.216 e. The lowest BCUT2D eigenvalue weighted by Gasteiger charge is -2.07. The van der Waals surface area contributed by atoms with Gasteiger partial charge in [0.1, 0.15) is 0 Å². The molecule has 0 aromatic carbocycles. The van der Waals surface area contributed by atoms with Gasteiger partial charge in [0.05, 0.1) is 33.0 Å². The highest BCUT2D eigenvalue weighted by Crippen LogP contribution is 1.83. The molecule has 0 saturated carbocycles. The fourth-order valence-electron chi connectivity index (χ4n) is 1.19. The molecule has 0 atom stereocenters. The molecule has 6 nitrogen and oxygen atoms in total. The number of hydrogen-bond acceptors (Lipinski definition) is 5. The molecule has 22 heavy (non-hydrogen) atoms. The molecule has 0 saturated heterocycles. The Bertz CT molecular complexity index is 193. The number of carbonyl (C=O) groups is 1. The highest BCUT2D eigenvalue weighted by Gasteiger charge is 1.93. The van der Waals surface area contributed by atoms with Crippen LogP contribution in [0.5, 0.6) is 0 Å². The number of rotatable bonds is 13. The van der Waals surface area contributed by atoms with Crippen LogP contribution in [0.1, 0.15) is 41.0 Å². The summed E-state index contributed by atoms with van der Waals surface area (Å²) in [5, 5.41) is 5.71. The average molecular weight is 322 g/mol. The van der Waals surface area contributed by atoms with Crippen molar-refractivity contribution >= 4 is 5.91 Å². The van der Waals surface area contributed by atoms with E-state index in [2.05, 4.69) is 10.6 Å². The van der Waals surface area contributed by atoms with Crippen molar-refractivity contribution in [2.75, 3.05) is 59.8 Å². The zero-order chi connectivity index (χ0) is 17.5. The van der Waals surface area contributed by atoms with Crippen LogP contribution in [0.25, 0.3) is 0 Å². The second kappa shape index (κ2) is 28.5. The highest BCUT2D eigenvalue weighted by atomic mass is 16.5. The highest BCUT2D eigenvalue weighted by molar-refractivity contribution is 5.72. The summed E-state index contributed by atoms with van der Waals surface area (Å²) in [5.41, 5.74) is 0. The van der Waals surface area contributed by atoms with Gasteiger partial charge >= 0.3 is 0 Å². The van der Waals surface area contributed by atoms with Crippen molar-refractivity contribution in [1.29, 1.82) is 0 Å². The van der Waals surface area contributed by atoms with Crippen LogP contribution in [0.3, 0.4) is 0 Å². The SMILES string of the molecule is CC.CC.CNCCCOCCOCCOCCNC(C)=O. The second-order valence-corrected chi connectivity index (χ2v) is 3.78. The summed E-state index contributed by atoms with van der Waals surface area (Å²) in [5.74, 6) is -0.0368. The fraction of sp³-hybridized carbons (Fsp3) is 0.938. The Kier molecular flexibility index (Phi) is 33.9. The lowest BCUT2D eigenvalue weighted by molar-refractivity contribution is -0.119. The van der Waals surface area contributed by atoms with Crippen LogP contribution < -0.4 is 10.6 Å². The first-order valence-electron chi connectivity index (χ1n) is 8.39. The number of amides is 1. The summed E-state index contributed by atoms with van der Waals surface area (Å²) >= 11 is 0. The minimum Gasteiger partial charge on any atom is -0.379 e. The van der Waals surface area contributed by atoms with Crippen molar-refractivity contribution in [3.05, 3.63) is 0 Å². The summed E-state index contributed by atoms with van der Waals surface area (Å²) in [4.78, 5) is 10.5. The third-order valence-electron chi connectivity index (χ3n) is 2.08. The number of carbonyl (C=O) groups excluding carboxylic acids is 1. The Morgan fingerprint density at radius 3 is 1.68 bits per heavy atom. The van der Waals surface area contributed by atoms with Gasteiger partial charge in [0, 0.05) is 20.1 Å². The standard InChI is InChI=1S/C12H26N2O4.2C2H6/c1-12(15)14-5-7-17-9-11-18-10-8-16-6-3-4-13-2;2*1-2/h13H,3-11H2,1-2H3,(H,14,15);2*1-2H3. The van der Waals surface area contributed by atoms with E-state index in [0.29, 0.717) is 39.6 Å². The normalized spacial score (nSPS) is 9.18. The van der Waals surface area contributed by atoms with E-state index in [-0.39, 0.29) is 5.91 Å². The number of ether oxygens (including phenoxy) is 3. The van der Waals surface area contributed by atoms with Crippen molar-refractivity contribution < 1.29 is 19.0 Å². The summed E-state index contributed by atoms with van der Waals surface area (Å²) in [7, 11) is 1.93. The summed E-state index contributed by atoms with van der Waals surface area (Å²) in [6.45, 7) is 14.6. The molecule has 0 aromatic rings. The van der Waals surface area contributed by atoms with E-state index in [4.69, 9.17) is 14.2 Å². The van der Waals surface area contributed by atoms with Crippen LogP contribution in [-0.2, 0) is 19.0 Å². The van der Waals surface area contributed by atoms with Gasteiger partial charge < -0.3 is 24.8 Å². The van der Waals surface area contributed by atoms with Crippen LogP contribution in [0.2, 0.25) is 0 Å². The fourth-order valence-corrected chi connectivity index (χ4v) is 1.19. The van der Waals surface area contributed by atoms with E-state index in [1.807, 2.05) is 34.7 Å². The molecule has 6 heteroatoms. The van der Waals surface area contributed by atoms with E-state index in [9.17, 15) is 4.79 Å². The zero-order valence-electron chi connectivity index (χ0n) is 15.5. The predicted octanol–water partition coefficient (Wildman–Crippen LogP) is 1.83. The minimum absolute atomic E-state index is 0.0368. The monoisotopic (exact) mass is 322 g/mol. The van der Waals surface area contributed by atoms with E-state index in [0.717, 1.165) is 19.6 Å². The quantitative estimate of drug-likeness (QED) is 0.506. The second-order valence-electron chi connectivity index (χ2n) is 3.78. The van der Waals surface area contributed by atoms with Gasteiger partial charge in [-0.25, -0.2) is 0 Å². The molecule has 1 amide bonds. The first kappa shape index (κ1) is 26.2. The Morgan fingerprint density at radius 1 is 0.773 bits per heavy atom. The van der Waals surface area contributed by atoms with Gasteiger partial charge in [-0.1, -0.05) is 27.7 Å². The molecule has 0 heterocycles. The summed E-state index contributed by atoms with van der Waals surface area (Å²) in [6.07, 6.45) is 1.02. The van der Waals surface area contributed by atoms with Crippen LogP contribution in [-0.4, -0.2) is 65.7 Å². The third-order valence-corrected chi connectivity index (χ3v) is 2.08. The molecule has 0 aliphatic carbocycles. The van der Waals surface area contributed by atoms with Crippen molar-refractivity contribution in [1.82, 2.24) is 10.6 Å². The van der Waals surface area contributed by atoms with E-state index in [1.54, 1.807) is 0 Å². The molecule has 0 unspecified atom stereocenters. The molecule has 0 fully saturated rings. The van der Waals surface area contributed by atoms with Crippen molar-refractivity contribution in [2.45, 2.75) is 41.0 Å². The molecule has 0 rings (SSSR count). The van der Waals surface area contributed by atoms with Crippen molar-refractivity contribution in [3.8, 4) is 0 Å². The number of hydrogen-bond donors (Lipinski definition) is 2. The molecule has 0 bridgehead atoms. The first-order valence-corrected chi connectivity index (χ1v) is 8.39. The minimum atomic E-state index is -0.0368. The Balaban J connectivity index is -0.000000826. The molecule has 0 aromatic heterocycles. The molecular weight excluding hydrogens is 284 g/mol. The van der Waals surface area contributed by atoms with Gasteiger partial charge in [0.2, 0.25) is 5.91 Å². The summed E-state index contributed by atoms with van der Waals surface area (Å²) < 4.78 is 15.9. The topological polar surface area (TPSA) is 68.8 Å². The molecule has 2 N–H and O–H groups in total. The smallest absolute Gasteiger partial charge is 0.216 e. The molecule has 0 radical (unpaired) electrons. The molecule has 136 valence electrons. The van der Waals surface area contributed by atoms with E-state index in [1.165, 1.54) is 6.92 Å². The Morgan fingerprint density at radius 2 is 1.23 bits per heavy atom. The lowest BCUT2D eigenvalue weighted by atomic mass is 10.4. The van der Waals surface area contributed by atoms with Crippen LogP contribution in [0.15, 0.2) is 0 Å². The average Bonchev–Trinajstić information content (AvgIpc) is 2.55. The van der Waals surface area contributed by atoms with Gasteiger partial charge in [-0.05, 0) is 20.0 Å². The molecular formula is C16H38N2O4. The molecule has 0 spiro atoms. The lowest BCUT2D eigenvalue weighted by Crippen LogP contribution is -2.25. The van der Waals surface area contributed by atoms with Gasteiger partial charge in [0.25, 0.3) is 0 Å². The van der Waals surface area contributed by atoms with Gasteiger partial charge in [-0.2, -0.15) is 0 Å². The van der Waals surface area contributed by atoms with Crippen LogP contribution >= 0.6 is 0 Å². The molecule has 0 aliphatic rings. The predicted molar refractivity (Wildman–Crippen MR) is 92.4 cm³/mol. The number of nitrogens with one attached hydrogen (secondary N) is 2. The van der Waals surface area contributed by atoms with E-state index >= 15 is 0 Å². The van der Waals surface area contributed by atoms with E-state index < -0.39 is 0 Å². The maximum atomic E-state index is 10.5. The van der Waals surface area contributed by atoms with Crippen molar-refractivity contribution in [3.63, 3.8) is 0 Å². The molecule has 0 aliphatic heterocycles. The van der Waals surface area contributed by atoms with Crippen LogP contribution in [0, 0.1) is 0 Å².